The maximum atomic E-state index is 13.7. The summed E-state index contributed by atoms with van der Waals surface area (Å²) in [5, 5.41) is 3.19. The van der Waals surface area contributed by atoms with Gasteiger partial charge < -0.3 is 5.32 Å². The van der Waals surface area contributed by atoms with Crippen LogP contribution in [-0.2, 0) is 0 Å². The molecule has 0 saturated heterocycles. The fourth-order valence-corrected chi connectivity index (χ4v) is 1.95. The van der Waals surface area contributed by atoms with E-state index in [0.29, 0.717) is 17.1 Å². The van der Waals surface area contributed by atoms with Gasteiger partial charge in [0.2, 0.25) is 0 Å². The maximum absolute atomic E-state index is 13.7. The highest BCUT2D eigenvalue weighted by atomic mass is 19.1. The fourth-order valence-electron chi connectivity index (χ4n) is 1.95. The van der Waals surface area contributed by atoms with Crippen molar-refractivity contribution in [3.63, 3.8) is 0 Å². The van der Waals surface area contributed by atoms with Gasteiger partial charge in [-0.3, -0.25) is 0 Å². The molecule has 0 aliphatic rings. The number of anilines is 1. The standard InChI is InChI=1S/C15H18FN3/c1-5-17-15-14(18-10(3)11(4)19-15)12-7-6-8-13(16)9(12)2/h6-8H,5H2,1-4H3,(H,17,19). The molecule has 0 fully saturated rings. The van der Waals surface area contributed by atoms with Gasteiger partial charge in [-0.25, -0.2) is 14.4 Å². The van der Waals surface area contributed by atoms with E-state index in [4.69, 9.17) is 0 Å². The van der Waals surface area contributed by atoms with E-state index in [1.54, 1.807) is 13.0 Å². The summed E-state index contributed by atoms with van der Waals surface area (Å²) >= 11 is 0. The zero-order valence-corrected chi connectivity index (χ0v) is 11.7. The van der Waals surface area contributed by atoms with Crippen molar-refractivity contribution in [2.45, 2.75) is 27.7 Å². The summed E-state index contributed by atoms with van der Waals surface area (Å²) < 4.78 is 13.7. The number of nitrogens with one attached hydrogen (secondary N) is 1. The van der Waals surface area contributed by atoms with E-state index in [0.717, 1.165) is 23.5 Å². The number of halogens is 1. The van der Waals surface area contributed by atoms with Crippen LogP contribution in [0.5, 0.6) is 0 Å². The van der Waals surface area contributed by atoms with Crippen LogP contribution >= 0.6 is 0 Å². The maximum Gasteiger partial charge on any atom is 0.152 e. The summed E-state index contributed by atoms with van der Waals surface area (Å²) in [4.78, 5) is 9.09. The minimum atomic E-state index is -0.222. The lowest BCUT2D eigenvalue weighted by atomic mass is 10.0. The van der Waals surface area contributed by atoms with Gasteiger partial charge >= 0.3 is 0 Å². The van der Waals surface area contributed by atoms with E-state index in [9.17, 15) is 4.39 Å². The van der Waals surface area contributed by atoms with Crippen molar-refractivity contribution in [2.24, 2.45) is 0 Å². The number of hydrogen-bond acceptors (Lipinski definition) is 3. The molecule has 0 amide bonds. The van der Waals surface area contributed by atoms with Crippen molar-refractivity contribution in [2.75, 3.05) is 11.9 Å². The summed E-state index contributed by atoms with van der Waals surface area (Å²) in [6, 6.07) is 5.03. The molecular formula is C15H18FN3. The molecule has 1 aromatic carbocycles. The van der Waals surface area contributed by atoms with Gasteiger partial charge in [0.25, 0.3) is 0 Å². The number of benzene rings is 1. The second-order valence-electron chi connectivity index (χ2n) is 4.53. The zero-order chi connectivity index (χ0) is 14.0. The van der Waals surface area contributed by atoms with Crippen LogP contribution < -0.4 is 5.32 Å². The normalized spacial score (nSPS) is 10.6. The molecule has 2 rings (SSSR count). The van der Waals surface area contributed by atoms with Crippen molar-refractivity contribution >= 4 is 5.82 Å². The lowest BCUT2D eigenvalue weighted by Gasteiger charge is -2.13. The Morgan fingerprint density at radius 2 is 1.79 bits per heavy atom. The molecule has 100 valence electrons. The van der Waals surface area contributed by atoms with Crippen molar-refractivity contribution in [3.05, 3.63) is 41.0 Å². The summed E-state index contributed by atoms with van der Waals surface area (Å²) in [5.41, 5.74) is 3.83. The van der Waals surface area contributed by atoms with Gasteiger partial charge in [0, 0.05) is 12.1 Å². The highest BCUT2D eigenvalue weighted by Crippen LogP contribution is 2.29. The first-order valence-corrected chi connectivity index (χ1v) is 6.39. The van der Waals surface area contributed by atoms with Crippen LogP contribution in [0.1, 0.15) is 23.9 Å². The Morgan fingerprint density at radius 1 is 1.11 bits per heavy atom. The Labute approximate surface area is 112 Å². The van der Waals surface area contributed by atoms with Crippen LogP contribution in [0.4, 0.5) is 10.2 Å². The lowest BCUT2D eigenvalue weighted by molar-refractivity contribution is 0.619. The van der Waals surface area contributed by atoms with Crippen LogP contribution in [0.3, 0.4) is 0 Å². The first kappa shape index (κ1) is 13.5. The van der Waals surface area contributed by atoms with Crippen molar-refractivity contribution in [3.8, 4) is 11.3 Å². The molecule has 1 heterocycles. The van der Waals surface area contributed by atoms with E-state index >= 15 is 0 Å². The van der Waals surface area contributed by atoms with Crippen LogP contribution in [-0.4, -0.2) is 16.5 Å². The monoisotopic (exact) mass is 259 g/mol. The van der Waals surface area contributed by atoms with Gasteiger partial charge in [0.15, 0.2) is 5.82 Å². The summed E-state index contributed by atoms with van der Waals surface area (Å²) in [6.07, 6.45) is 0. The molecule has 0 radical (unpaired) electrons. The SMILES string of the molecule is CCNc1nc(C)c(C)nc1-c1cccc(F)c1C. The second-order valence-corrected chi connectivity index (χ2v) is 4.53. The highest BCUT2D eigenvalue weighted by Gasteiger charge is 2.14. The topological polar surface area (TPSA) is 37.8 Å². The Bertz CT molecular complexity index is 609. The average Bonchev–Trinajstić information content (AvgIpc) is 2.37. The van der Waals surface area contributed by atoms with Gasteiger partial charge in [-0.1, -0.05) is 12.1 Å². The van der Waals surface area contributed by atoms with Crippen LogP contribution in [0.15, 0.2) is 18.2 Å². The molecule has 0 spiro atoms. The Balaban J connectivity index is 2.66. The van der Waals surface area contributed by atoms with Crippen molar-refractivity contribution in [1.82, 2.24) is 9.97 Å². The summed E-state index contributed by atoms with van der Waals surface area (Å²) in [7, 11) is 0. The third-order valence-corrected chi connectivity index (χ3v) is 3.17. The lowest BCUT2D eigenvalue weighted by Crippen LogP contribution is -2.07. The molecule has 19 heavy (non-hydrogen) atoms. The van der Waals surface area contributed by atoms with Crippen LogP contribution in [0.25, 0.3) is 11.3 Å². The van der Waals surface area contributed by atoms with E-state index in [1.165, 1.54) is 6.07 Å². The molecule has 2 aromatic rings. The van der Waals surface area contributed by atoms with E-state index < -0.39 is 0 Å². The Morgan fingerprint density at radius 3 is 2.47 bits per heavy atom. The second kappa shape index (κ2) is 5.34. The van der Waals surface area contributed by atoms with Crippen LogP contribution in [0.2, 0.25) is 0 Å². The van der Waals surface area contributed by atoms with Gasteiger partial charge in [0.05, 0.1) is 11.4 Å². The average molecular weight is 259 g/mol. The Kier molecular flexibility index (Phi) is 3.79. The molecule has 0 bridgehead atoms. The first-order valence-electron chi connectivity index (χ1n) is 6.39. The largest absolute Gasteiger partial charge is 0.369 e. The zero-order valence-electron chi connectivity index (χ0n) is 11.7. The summed E-state index contributed by atoms with van der Waals surface area (Å²) in [6.45, 7) is 8.34. The molecule has 0 aliphatic heterocycles. The number of nitrogens with zero attached hydrogens (tertiary/aromatic N) is 2. The third kappa shape index (κ3) is 2.57. The van der Waals surface area contributed by atoms with Crippen molar-refractivity contribution < 1.29 is 4.39 Å². The van der Waals surface area contributed by atoms with Crippen molar-refractivity contribution in [1.29, 1.82) is 0 Å². The molecule has 0 atom stereocenters. The predicted octanol–water partition coefficient (Wildman–Crippen LogP) is 3.64. The fraction of sp³-hybridized carbons (Fsp3) is 0.333. The smallest absolute Gasteiger partial charge is 0.152 e. The van der Waals surface area contributed by atoms with Gasteiger partial charge in [-0.2, -0.15) is 0 Å². The van der Waals surface area contributed by atoms with E-state index in [2.05, 4.69) is 15.3 Å². The first-order chi connectivity index (χ1) is 9.04. The van der Waals surface area contributed by atoms with Crippen LogP contribution in [0, 0.1) is 26.6 Å². The number of hydrogen-bond donors (Lipinski definition) is 1. The van der Waals surface area contributed by atoms with E-state index in [1.807, 2.05) is 26.8 Å². The Hall–Kier alpha value is -1.97. The molecule has 0 unspecified atom stereocenters. The quantitative estimate of drug-likeness (QED) is 0.914. The van der Waals surface area contributed by atoms with Gasteiger partial charge in [-0.05, 0) is 39.3 Å². The molecule has 1 N–H and O–H groups in total. The van der Waals surface area contributed by atoms with Gasteiger partial charge in [-0.15, -0.1) is 0 Å². The molecule has 0 aliphatic carbocycles. The molecular weight excluding hydrogens is 241 g/mol. The molecule has 0 saturated carbocycles. The van der Waals surface area contributed by atoms with E-state index in [-0.39, 0.29) is 5.82 Å². The number of aryl methyl sites for hydroxylation is 2. The number of aromatic nitrogens is 2. The predicted molar refractivity (Wildman–Crippen MR) is 75.8 cm³/mol. The third-order valence-electron chi connectivity index (χ3n) is 3.17. The molecule has 3 nitrogen and oxygen atoms in total. The number of rotatable bonds is 3. The van der Waals surface area contributed by atoms with Gasteiger partial charge in [0.1, 0.15) is 11.5 Å². The molecule has 4 heteroatoms. The minimum Gasteiger partial charge on any atom is -0.369 e. The minimum absolute atomic E-state index is 0.222. The summed E-state index contributed by atoms with van der Waals surface area (Å²) in [5.74, 6) is 0.485. The highest BCUT2D eigenvalue weighted by molar-refractivity contribution is 5.74. The molecule has 1 aromatic heterocycles.